The largest absolute Gasteiger partial charge is 0.508 e. The van der Waals surface area contributed by atoms with Crippen LogP contribution >= 0.6 is 0 Å². The number of methoxy groups -OCH3 is 1. The number of ketones is 1. The highest BCUT2D eigenvalue weighted by Gasteiger charge is 2.28. The van der Waals surface area contributed by atoms with Crippen LogP contribution in [0.2, 0.25) is 0 Å². The highest BCUT2D eigenvalue weighted by Crippen LogP contribution is 2.37. The molecule has 0 unspecified atom stereocenters. The molecule has 6 heteroatoms. The molecule has 0 aliphatic carbocycles. The molecular weight excluding hydrogens is 392 g/mol. The topological polar surface area (TPSA) is 63.9 Å². The highest BCUT2D eigenvalue weighted by molar-refractivity contribution is 6.15. The van der Waals surface area contributed by atoms with Crippen LogP contribution in [0.15, 0.2) is 42.2 Å². The minimum absolute atomic E-state index is 0.0761. The number of ether oxygens (including phenoxy) is 2. The summed E-state index contributed by atoms with van der Waals surface area (Å²) in [6.45, 7) is 6.31. The van der Waals surface area contributed by atoms with Gasteiger partial charge in [-0.15, -0.1) is 0 Å². The number of hydrogen-bond donors (Lipinski definition) is 1. The Bertz CT molecular complexity index is 1200. The van der Waals surface area contributed by atoms with Crippen LogP contribution in [0.4, 0.5) is 0 Å². The number of aromatic hydroxyl groups is 1. The molecule has 6 nitrogen and oxygen atoms in total. The first-order valence-corrected chi connectivity index (χ1v) is 10.7. The number of hydrogen-bond acceptors (Lipinski definition) is 5. The van der Waals surface area contributed by atoms with Gasteiger partial charge in [-0.05, 0) is 69.3 Å². The summed E-state index contributed by atoms with van der Waals surface area (Å²) in [5.74, 6) is 1.34. The molecule has 2 aliphatic rings. The Morgan fingerprint density at radius 2 is 1.94 bits per heavy atom. The van der Waals surface area contributed by atoms with E-state index < -0.39 is 0 Å². The molecule has 0 atom stereocenters. The van der Waals surface area contributed by atoms with E-state index in [-0.39, 0.29) is 17.3 Å². The van der Waals surface area contributed by atoms with Gasteiger partial charge in [-0.1, -0.05) is 0 Å². The fourth-order valence-corrected chi connectivity index (χ4v) is 4.64. The number of rotatable bonds is 5. The number of carbonyl (C=O) groups is 1. The van der Waals surface area contributed by atoms with Gasteiger partial charge in [0, 0.05) is 41.3 Å². The monoisotopic (exact) mass is 418 g/mol. The molecule has 5 rings (SSSR count). The molecule has 31 heavy (non-hydrogen) atoms. The number of benzene rings is 2. The summed E-state index contributed by atoms with van der Waals surface area (Å²) >= 11 is 0. The number of Topliss-reactive ketones (excluding diaryl/α,β-unsaturated/α-hetero) is 1. The van der Waals surface area contributed by atoms with E-state index in [1.54, 1.807) is 13.2 Å². The fraction of sp³-hybridized carbons (Fsp3) is 0.320. The Morgan fingerprint density at radius 1 is 1.13 bits per heavy atom. The third-order valence-corrected chi connectivity index (χ3v) is 6.35. The van der Waals surface area contributed by atoms with E-state index in [1.807, 2.05) is 18.2 Å². The second-order valence-electron chi connectivity index (χ2n) is 8.20. The van der Waals surface area contributed by atoms with Gasteiger partial charge < -0.3 is 24.0 Å². The van der Waals surface area contributed by atoms with Crippen LogP contribution < -0.4 is 9.47 Å². The summed E-state index contributed by atoms with van der Waals surface area (Å²) in [5, 5.41) is 10.8. The van der Waals surface area contributed by atoms with Crippen molar-refractivity contribution in [3.63, 3.8) is 0 Å². The van der Waals surface area contributed by atoms with Crippen molar-refractivity contribution in [2.24, 2.45) is 0 Å². The van der Waals surface area contributed by atoms with Crippen LogP contribution in [0.1, 0.15) is 34.5 Å². The third-order valence-electron chi connectivity index (χ3n) is 6.35. The maximum atomic E-state index is 12.9. The normalized spacial score (nSPS) is 17.5. The zero-order valence-corrected chi connectivity index (χ0v) is 17.9. The lowest BCUT2D eigenvalue weighted by molar-refractivity contribution is 0.101. The van der Waals surface area contributed by atoms with E-state index in [4.69, 9.17) is 9.47 Å². The smallest absolute Gasteiger partial charge is 0.231 e. The maximum Gasteiger partial charge on any atom is 0.231 e. The second kappa shape index (κ2) is 7.78. The van der Waals surface area contributed by atoms with Crippen molar-refractivity contribution in [2.45, 2.75) is 26.3 Å². The number of fused-ring (bicyclic) bond motifs is 2. The van der Waals surface area contributed by atoms with Crippen molar-refractivity contribution in [2.75, 3.05) is 26.7 Å². The summed E-state index contributed by atoms with van der Waals surface area (Å²) in [6, 6.07) is 10.6. The SMILES string of the molecule is COc1ccc2c(c1)c(C=C1Oc3cc(O)ccc3C1=O)c(C)n2CCN1CCCC1. The number of aromatic nitrogens is 1. The Balaban J connectivity index is 1.57. The van der Waals surface area contributed by atoms with Crippen molar-refractivity contribution < 1.29 is 19.4 Å². The quantitative estimate of drug-likeness (QED) is 0.623. The first-order chi connectivity index (χ1) is 15.0. The van der Waals surface area contributed by atoms with Gasteiger partial charge in [0.05, 0.1) is 12.7 Å². The summed E-state index contributed by atoms with van der Waals surface area (Å²) < 4.78 is 13.6. The van der Waals surface area contributed by atoms with Gasteiger partial charge in [-0.25, -0.2) is 0 Å². The number of phenolic OH excluding ortho intramolecular Hbond substituents is 1. The van der Waals surface area contributed by atoms with Crippen molar-refractivity contribution in [3.8, 4) is 17.2 Å². The molecule has 1 N–H and O–H groups in total. The van der Waals surface area contributed by atoms with Crippen LogP contribution in [0.5, 0.6) is 17.2 Å². The molecule has 3 heterocycles. The minimum atomic E-state index is -0.171. The summed E-state index contributed by atoms with van der Waals surface area (Å²) in [6.07, 6.45) is 4.37. The maximum absolute atomic E-state index is 12.9. The highest BCUT2D eigenvalue weighted by atomic mass is 16.5. The zero-order chi connectivity index (χ0) is 21.5. The van der Waals surface area contributed by atoms with Gasteiger partial charge in [-0.3, -0.25) is 4.79 Å². The van der Waals surface area contributed by atoms with E-state index >= 15 is 0 Å². The lowest BCUT2D eigenvalue weighted by atomic mass is 10.1. The molecule has 2 aromatic carbocycles. The molecule has 3 aromatic rings. The van der Waals surface area contributed by atoms with Gasteiger partial charge in [0.1, 0.15) is 17.2 Å². The lowest BCUT2D eigenvalue weighted by Crippen LogP contribution is -2.24. The summed E-state index contributed by atoms with van der Waals surface area (Å²) in [7, 11) is 1.66. The number of carbonyl (C=O) groups excluding carboxylic acids is 1. The average Bonchev–Trinajstić information content (AvgIpc) is 3.45. The Kier molecular flexibility index (Phi) is 4.94. The zero-order valence-electron chi connectivity index (χ0n) is 17.9. The molecular formula is C25H26N2O4. The van der Waals surface area contributed by atoms with Gasteiger partial charge in [0.2, 0.25) is 5.78 Å². The van der Waals surface area contributed by atoms with E-state index in [0.29, 0.717) is 11.3 Å². The number of nitrogens with zero attached hydrogens (tertiary/aromatic N) is 2. The summed E-state index contributed by atoms with van der Waals surface area (Å²) in [4.78, 5) is 15.4. The van der Waals surface area contributed by atoms with E-state index in [9.17, 15) is 9.90 Å². The number of likely N-dealkylation sites (tertiary alicyclic amines) is 1. The van der Waals surface area contributed by atoms with Crippen LogP contribution in [0.25, 0.3) is 17.0 Å². The lowest BCUT2D eigenvalue weighted by Gasteiger charge is -2.16. The van der Waals surface area contributed by atoms with Gasteiger partial charge >= 0.3 is 0 Å². The Hall–Kier alpha value is -3.25. The molecule has 1 fully saturated rings. The van der Waals surface area contributed by atoms with E-state index in [1.165, 1.54) is 25.0 Å². The molecule has 1 aromatic heterocycles. The molecule has 0 radical (unpaired) electrons. The molecule has 160 valence electrons. The van der Waals surface area contributed by atoms with Crippen LogP contribution in [-0.2, 0) is 6.54 Å². The van der Waals surface area contributed by atoms with Gasteiger partial charge in [0.25, 0.3) is 0 Å². The predicted molar refractivity (Wildman–Crippen MR) is 120 cm³/mol. The predicted octanol–water partition coefficient (Wildman–Crippen LogP) is 4.38. The van der Waals surface area contributed by atoms with Crippen molar-refractivity contribution in [1.82, 2.24) is 9.47 Å². The first kappa shape index (κ1) is 19.7. The van der Waals surface area contributed by atoms with Crippen molar-refractivity contribution in [1.29, 1.82) is 0 Å². The standard InChI is InChI=1S/C25H26N2O4/c1-16-20(15-24-25(29)19-7-5-17(28)13-23(19)31-24)21-14-18(30-2)6-8-22(21)27(16)12-11-26-9-3-4-10-26/h5-8,13-15,28H,3-4,9-12H2,1-2H3. The Labute approximate surface area is 181 Å². The second-order valence-corrected chi connectivity index (χ2v) is 8.20. The molecule has 0 bridgehead atoms. The number of allylic oxidation sites excluding steroid dienone is 1. The third kappa shape index (κ3) is 3.47. The van der Waals surface area contributed by atoms with Gasteiger partial charge in [0.15, 0.2) is 5.76 Å². The average molecular weight is 418 g/mol. The van der Waals surface area contributed by atoms with Crippen LogP contribution in [-0.4, -0.2) is 47.1 Å². The molecule has 0 spiro atoms. The fourth-order valence-electron chi connectivity index (χ4n) is 4.64. The van der Waals surface area contributed by atoms with Crippen molar-refractivity contribution in [3.05, 3.63) is 59.0 Å². The molecule has 1 saturated heterocycles. The van der Waals surface area contributed by atoms with E-state index in [2.05, 4.69) is 22.5 Å². The van der Waals surface area contributed by atoms with Crippen molar-refractivity contribution >= 4 is 22.8 Å². The molecule has 0 amide bonds. The van der Waals surface area contributed by atoms with E-state index in [0.717, 1.165) is 54.1 Å². The minimum Gasteiger partial charge on any atom is -0.508 e. The van der Waals surface area contributed by atoms with Gasteiger partial charge in [-0.2, -0.15) is 0 Å². The summed E-state index contributed by atoms with van der Waals surface area (Å²) in [5.41, 5.74) is 3.63. The van der Waals surface area contributed by atoms with Crippen LogP contribution in [0.3, 0.4) is 0 Å². The first-order valence-electron chi connectivity index (χ1n) is 10.7. The Morgan fingerprint density at radius 3 is 2.71 bits per heavy atom. The van der Waals surface area contributed by atoms with Crippen LogP contribution in [0, 0.1) is 6.92 Å². The molecule has 0 saturated carbocycles. The molecule has 2 aliphatic heterocycles. The number of phenols is 1.